The van der Waals surface area contributed by atoms with Gasteiger partial charge in [0.2, 0.25) is 0 Å². The predicted octanol–water partition coefficient (Wildman–Crippen LogP) is 3.74. The van der Waals surface area contributed by atoms with Gasteiger partial charge in [-0.3, -0.25) is 4.99 Å². The lowest BCUT2D eigenvalue weighted by atomic mass is 10.2. The first-order valence-corrected chi connectivity index (χ1v) is 6.82. The summed E-state index contributed by atoms with van der Waals surface area (Å²) in [6.45, 7) is 3.04. The molecule has 1 aliphatic heterocycles. The Kier molecular flexibility index (Phi) is 3.86. The summed E-state index contributed by atoms with van der Waals surface area (Å²) in [6, 6.07) is 4.86. The molecule has 86 valence electrons. The highest BCUT2D eigenvalue weighted by atomic mass is 79.9. The van der Waals surface area contributed by atoms with E-state index in [1.165, 1.54) is 6.07 Å². The predicted molar refractivity (Wildman–Crippen MR) is 71.6 cm³/mol. The van der Waals surface area contributed by atoms with Crippen LogP contribution < -0.4 is 5.32 Å². The molecule has 1 aliphatic rings. The van der Waals surface area contributed by atoms with Gasteiger partial charge in [0.1, 0.15) is 5.82 Å². The molecule has 0 amide bonds. The van der Waals surface area contributed by atoms with E-state index in [-0.39, 0.29) is 5.82 Å². The summed E-state index contributed by atoms with van der Waals surface area (Å²) in [7, 11) is 0. The Balaban J connectivity index is 2.06. The van der Waals surface area contributed by atoms with Crippen LogP contribution in [0.2, 0.25) is 0 Å². The van der Waals surface area contributed by atoms with Crippen molar-refractivity contribution in [2.75, 3.05) is 17.6 Å². The number of halogens is 2. The van der Waals surface area contributed by atoms with Crippen LogP contribution >= 0.6 is 27.7 Å². The largest absolute Gasteiger partial charge is 0.335 e. The molecule has 1 N–H and O–H groups in total. The van der Waals surface area contributed by atoms with Crippen molar-refractivity contribution in [1.82, 2.24) is 0 Å². The molecule has 0 saturated carbocycles. The van der Waals surface area contributed by atoms with Gasteiger partial charge in [-0.1, -0.05) is 18.7 Å². The lowest BCUT2D eigenvalue weighted by Crippen LogP contribution is -2.18. The maximum Gasteiger partial charge on any atom is 0.161 e. The molecule has 2 rings (SSSR count). The van der Waals surface area contributed by atoms with Gasteiger partial charge < -0.3 is 5.32 Å². The molecular formula is C11H12BrFN2S. The van der Waals surface area contributed by atoms with E-state index in [0.717, 1.165) is 23.2 Å². The summed E-state index contributed by atoms with van der Waals surface area (Å²) in [5.41, 5.74) is 0.856. The summed E-state index contributed by atoms with van der Waals surface area (Å²) in [5, 5.41) is 4.10. The molecule has 0 aliphatic carbocycles. The Morgan fingerprint density at radius 1 is 1.56 bits per heavy atom. The number of nitrogens with zero attached hydrogens (tertiary/aromatic N) is 1. The quantitative estimate of drug-likeness (QED) is 0.854. The molecule has 1 aromatic carbocycles. The second-order valence-electron chi connectivity index (χ2n) is 3.82. The molecule has 1 atom stereocenters. The number of thioether (sulfide) groups is 1. The molecule has 2 nitrogen and oxygen atoms in total. The second-order valence-corrected chi connectivity index (χ2v) is 5.68. The summed E-state index contributed by atoms with van der Waals surface area (Å²) >= 11 is 4.86. The van der Waals surface area contributed by atoms with Crippen molar-refractivity contribution >= 4 is 38.5 Å². The van der Waals surface area contributed by atoms with Gasteiger partial charge in [0, 0.05) is 18.0 Å². The Morgan fingerprint density at radius 2 is 2.38 bits per heavy atom. The van der Waals surface area contributed by atoms with E-state index in [4.69, 9.17) is 0 Å². The maximum atomic E-state index is 13.0. The molecule has 0 spiro atoms. The Hall–Kier alpha value is -0.550. The van der Waals surface area contributed by atoms with Crippen molar-refractivity contribution in [3.63, 3.8) is 0 Å². The molecule has 0 saturated heterocycles. The molecular weight excluding hydrogens is 291 g/mol. The fraction of sp³-hybridized carbons (Fsp3) is 0.364. The van der Waals surface area contributed by atoms with Crippen LogP contribution in [0.1, 0.15) is 6.92 Å². The van der Waals surface area contributed by atoms with Crippen LogP contribution in [-0.4, -0.2) is 17.5 Å². The zero-order valence-corrected chi connectivity index (χ0v) is 11.2. The first-order valence-electron chi connectivity index (χ1n) is 5.04. The minimum absolute atomic E-state index is 0.252. The lowest BCUT2D eigenvalue weighted by molar-refractivity contribution is 0.621. The van der Waals surface area contributed by atoms with Gasteiger partial charge in [-0.25, -0.2) is 4.39 Å². The molecule has 1 unspecified atom stereocenters. The van der Waals surface area contributed by atoms with E-state index in [1.807, 2.05) is 0 Å². The highest BCUT2D eigenvalue weighted by Gasteiger charge is 2.12. The summed E-state index contributed by atoms with van der Waals surface area (Å²) < 4.78 is 13.5. The number of hydrogen-bond acceptors (Lipinski definition) is 3. The zero-order valence-electron chi connectivity index (χ0n) is 8.84. The average molecular weight is 303 g/mol. The monoisotopic (exact) mass is 302 g/mol. The van der Waals surface area contributed by atoms with E-state index < -0.39 is 0 Å². The van der Waals surface area contributed by atoms with E-state index in [2.05, 4.69) is 33.2 Å². The Morgan fingerprint density at radius 3 is 3.00 bits per heavy atom. The number of amidine groups is 1. The summed E-state index contributed by atoms with van der Waals surface area (Å²) in [4.78, 5) is 4.42. The van der Waals surface area contributed by atoms with E-state index in [0.29, 0.717) is 10.4 Å². The third-order valence-electron chi connectivity index (χ3n) is 2.22. The summed E-state index contributed by atoms with van der Waals surface area (Å²) in [6.07, 6.45) is 0. The van der Waals surface area contributed by atoms with Crippen molar-refractivity contribution in [3.8, 4) is 0 Å². The van der Waals surface area contributed by atoms with Gasteiger partial charge >= 0.3 is 0 Å². The van der Waals surface area contributed by atoms with Crippen molar-refractivity contribution in [2.45, 2.75) is 6.92 Å². The fourth-order valence-corrected chi connectivity index (χ4v) is 2.61. The lowest BCUT2D eigenvalue weighted by Gasteiger charge is -2.17. The molecule has 5 heteroatoms. The summed E-state index contributed by atoms with van der Waals surface area (Å²) in [5.74, 6) is 1.46. The van der Waals surface area contributed by atoms with Crippen LogP contribution in [0.3, 0.4) is 0 Å². The normalized spacial score (nSPS) is 20.4. The van der Waals surface area contributed by atoms with Crippen LogP contribution in [0.5, 0.6) is 0 Å². The zero-order chi connectivity index (χ0) is 11.5. The topological polar surface area (TPSA) is 24.4 Å². The molecule has 0 bridgehead atoms. The molecule has 0 fully saturated rings. The molecule has 1 aromatic rings. The van der Waals surface area contributed by atoms with Crippen molar-refractivity contribution < 1.29 is 4.39 Å². The van der Waals surface area contributed by atoms with Crippen LogP contribution in [0.25, 0.3) is 0 Å². The number of hydrogen-bond donors (Lipinski definition) is 1. The van der Waals surface area contributed by atoms with Crippen LogP contribution in [-0.2, 0) is 0 Å². The molecule has 0 radical (unpaired) electrons. The van der Waals surface area contributed by atoms with Crippen molar-refractivity contribution in [2.24, 2.45) is 10.9 Å². The first-order chi connectivity index (χ1) is 7.65. The number of aliphatic imine (C=N–C) groups is 1. The van der Waals surface area contributed by atoms with Gasteiger partial charge in [0.05, 0.1) is 4.47 Å². The maximum absolute atomic E-state index is 13.0. The van der Waals surface area contributed by atoms with E-state index in [1.54, 1.807) is 23.9 Å². The minimum Gasteiger partial charge on any atom is -0.335 e. The molecule has 16 heavy (non-hydrogen) atoms. The third-order valence-corrected chi connectivity index (χ3v) is 4.07. The minimum atomic E-state index is -0.252. The van der Waals surface area contributed by atoms with Gasteiger partial charge in [-0.15, -0.1) is 0 Å². The Labute approximate surface area is 107 Å². The van der Waals surface area contributed by atoms with Crippen molar-refractivity contribution in [3.05, 3.63) is 28.5 Å². The second kappa shape index (κ2) is 5.19. The van der Waals surface area contributed by atoms with Gasteiger partial charge in [0.15, 0.2) is 5.17 Å². The van der Waals surface area contributed by atoms with Crippen LogP contribution in [0.4, 0.5) is 10.1 Å². The fourth-order valence-electron chi connectivity index (χ4n) is 1.33. The third kappa shape index (κ3) is 2.98. The van der Waals surface area contributed by atoms with Gasteiger partial charge in [-0.2, -0.15) is 0 Å². The number of benzene rings is 1. The first kappa shape index (κ1) is 11.9. The smallest absolute Gasteiger partial charge is 0.161 e. The SMILES string of the molecule is CC1CN=C(Nc2ccc(F)c(Br)c2)SC1. The number of nitrogens with one attached hydrogen (secondary N) is 1. The van der Waals surface area contributed by atoms with Gasteiger partial charge in [0.25, 0.3) is 0 Å². The van der Waals surface area contributed by atoms with E-state index >= 15 is 0 Å². The van der Waals surface area contributed by atoms with E-state index in [9.17, 15) is 4.39 Å². The standard InChI is InChI=1S/C11H12BrFN2S/c1-7-5-14-11(16-6-7)15-8-2-3-10(13)9(12)4-8/h2-4,7H,5-6H2,1H3,(H,14,15). The Bertz CT molecular complexity index is 422. The molecule has 1 heterocycles. The molecule has 0 aromatic heterocycles. The highest BCUT2D eigenvalue weighted by Crippen LogP contribution is 2.23. The van der Waals surface area contributed by atoms with Crippen LogP contribution in [0.15, 0.2) is 27.7 Å². The highest BCUT2D eigenvalue weighted by molar-refractivity contribution is 9.10. The number of anilines is 1. The number of rotatable bonds is 1. The van der Waals surface area contributed by atoms with Crippen LogP contribution in [0, 0.1) is 11.7 Å². The van der Waals surface area contributed by atoms with Crippen molar-refractivity contribution in [1.29, 1.82) is 0 Å². The van der Waals surface area contributed by atoms with Gasteiger partial charge in [-0.05, 0) is 40.0 Å². The average Bonchev–Trinajstić information content (AvgIpc) is 2.27.